The lowest BCUT2D eigenvalue weighted by Gasteiger charge is -2.12. The Morgan fingerprint density at radius 2 is 1.93 bits per heavy atom. The van der Waals surface area contributed by atoms with E-state index in [1.165, 1.54) is 6.92 Å². The molecule has 0 radical (unpaired) electrons. The number of H-pyrrole nitrogens is 1. The number of rotatable bonds is 6. The van der Waals surface area contributed by atoms with E-state index in [-0.39, 0.29) is 29.0 Å². The standard InChI is InChI=1S/C19H18F2N4O3S/c1-2-29(27,28)25-17-14(20)7-11(8-15(17)21)13-9-16(24-19(26)10-3-4-10)23-18-12(13)5-6-22-18/h5-10,25H,2-4H2,1H3,(H2,22,23,24,26). The number of aromatic nitrogens is 2. The summed E-state index contributed by atoms with van der Waals surface area (Å²) in [4.78, 5) is 19.3. The smallest absolute Gasteiger partial charge is 0.232 e. The van der Waals surface area contributed by atoms with Gasteiger partial charge in [-0.25, -0.2) is 22.2 Å². The molecule has 1 saturated carbocycles. The van der Waals surface area contributed by atoms with Gasteiger partial charge in [-0.3, -0.25) is 9.52 Å². The van der Waals surface area contributed by atoms with Crippen LogP contribution in [0.3, 0.4) is 0 Å². The summed E-state index contributed by atoms with van der Waals surface area (Å²) in [5.74, 6) is -2.30. The number of fused-ring (bicyclic) bond motifs is 1. The van der Waals surface area contributed by atoms with Gasteiger partial charge in [0.2, 0.25) is 15.9 Å². The highest BCUT2D eigenvalue weighted by Crippen LogP contribution is 2.35. The Kier molecular flexibility index (Phi) is 4.73. The molecule has 1 fully saturated rings. The molecule has 152 valence electrons. The molecule has 3 aromatic rings. The van der Waals surface area contributed by atoms with Crippen LogP contribution in [0.2, 0.25) is 0 Å². The van der Waals surface area contributed by atoms with Gasteiger partial charge >= 0.3 is 0 Å². The number of hydrogen-bond donors (Lipinski definition) is 3. The average molecular weight is 420 g/mol. The van der Waals surface area contributed by atoms with Crippen LogP contribution in [-0.4, -0.2) is 30.0 Å². The Morgan fingerprint density at radius 3 is 2.55 bits per heavy atom. The van der Waals surface area contributed by atoms with Crippen molar-refractivity contribution in [3.05, 3.63) is 42.1 Å². The Labute approximate surface area is 165 Å². The number of nitrogens with one attached hydrogen (secondary N) is 3. The van der Waals surface area contributed by atoms with Gasteiger partial charge in [0.15, 0.2) is 11.6 Å². The van der Waals surface area contributed by atoms with E-state index in [9.17, 15) is 22.0 Å². The number of hydrogen-bond acceptors (Lipinski definition) is 4. The molecule has 0 unspecified atom stereocenters. The molecule has 1 aliphatic rings. The van der Waals surface area contributed by atoms with Gasteiger partial charge in [0, 0.05) is 17.5 Å². The van der Waals surface area contributed by atoms with Crippen molar-refractivity contribution in [1.29, 1.82) is 0 Å². The highest BCUT2D eigenvalue weighted by molar-refractivity contribution is 7.92. The molecule has 0 bridgehead atoms. The topological polar surface area (TPSA) is 104 Å². The summed E-state index contributed by atoms with van der Waals surface area (Å²) in [6, 6.07) is 5.34. The summed E-state index contributed by atoms with van der Waals surface area (Å²) in [5.41, 5.74) is 0.362. The van der Waals surface area contributed by atoms with Crippen molar-refractivity contribution in [2.24, 2.45) is 5.92 Å². The highest BCUT2D eigenvalue weighted by atomic mass is 32.2. The van der Waals surface area contributed by atoms with Gasteiger partial charge in [0.1, 0.15) is 17.2 Å². The Balaban J connectivity index is 1.77. The summed E-state index contributed by atoms with van der Waals surface area (Å²) >= 11 is 0. The zero-order valence-electron chi connectivity index (χ0n) is 15.4. The minimum absolute atomic E-state index is 0.0275. The van der Waals surface area contributed by atoms with Crippen LogP contribution >= 0.6 is 0 Å². The van der Waals surface area contributed by atoms with Crippen molar-refractivity contribution in [3.8, 4) is 11.1 Å². The molecular formula is C19H18F2N4O3S. The molecule has 1 aliphatic carbocycles. The molecule has 3 N–H and O–H groups in total. The predicted molar refractivity (Wildman–Crippen MR) is 106 cm³/mol. The second-order valence-electron chi connectivity index (χ2n) is 6.88. The quantitative estimate of drug-likeness (QED) is 0.567. The predicted octanol–water partition coefficient (Wildman–Crippen LogP) is 3.62. The van der Waals surface area contributed by atoms with E-state index in [2.05, 4.69) is 15.3 Å². The van der Waals surface area contributed by atoms with Crippen LogP contribution < -0.4 is 10.0 Å². The van der Waals surface area contributed by atoms with Gasteiger partial charge in [-0.05, 0) is 55.2 Å². The molecule has 10 heteroatoms. The second kappa shape index (κ2) is 7.11. The summed E-state index contributed by atoms with van der Waals surface area (Å²) in [6.45, 7) is 1.36. The maximum absolute atomic E-state index is 14.6. The van der Waals surface area contributed by atoms with E-state index in [0.717, 1.165) is 25.0 Å². The third-order valence-corrected chi connectivity index (χ3v) is 5.99. The number of sulfonamides is 1. The van der Waals surface area contributed by atoms with Gasteiger partial charge in [-0.1, -0.05) is 0 Å². The molecule has 4 rings (SSSR count). The fourth-order valence-electron chi connectivity index (χ4n) is 2.97. The number of pyridine rings is 1. The molecule has 0 atom stereocenters. The second-order valence-corrected chi connectivity index (χ2v) is 8.89. The van der Waals surface area contributed by atoms with Crippen molar-refractivity contribution in [3.63, 3.8) is 0 Å². The van der Waals surface area contributed by atoms with E-state index >= 15 is 0 Å². The maximum atomic E-state index is 14.6. The van der Waals surface area contributed by atoms with Gasteiger partial charge in [-0.15, -0.1) is 0 Å². The molecule has 29 heavy (non-hydrogen) atoms. The molecule has 0 aliphatic heterocycles. The molecule has 2 heterocycles. The van der Waals surface area contributed by atoms with Crippen LogP contribution in [0.15, 0.2) is 30.5 Å². The van der Waals surface area contributed by atoms with Crippen molar-refractivity contribution in [2.75, 3.05) is 15.8 Å². The maximum Gasteiger partial charge on any atom is 0.232 e. The molecule has 1 aromatic carbocycles. The zero-order chi connectivity index (χ0) is 20.8. The van der Waals surface area contributed by atoms with Crippen LogP contribution in [0.5, 0.6) is 0 Å². The van der Waals surface area contributed by atoms with Gasteiger partial charge in [0.05, 0.1) is 5.75 Å². The number of anilines is 2. The summed E-state index contributed by atoms with van der Waals surface area (Å²) in [5, 5.41) is 3.33. The van der Waals surface area contributed by atoms with Crippen LogP contribution in [0.25, 0.3) is 22.2 Å². The number of halogens is 2. The van der Waals surface area contributed by atoms with Crippen molar-refractivity contribution in [1.82, 2.24) is 9.97 Å². The molecule has 0 saturated heterocycles. The lowest BCUT2D eigenvalue weighted by Crippen LogP contribution is -2.16. The van der Waals surface area contributed by atoms with E-state index in [1.54, 1.807) is 18.3 Å². The number of carbonyl (C=O) groups excluding carboxylic acids is 1. The van der Waals surface area contributed by atoms with Crippen LogP contribution in [0.1, 0.15) is 19.8 Å². The largest absolute Gasteiger partial charge is 0.346 e. The molecule has 0 spiro atoms. The van der Waals surface area contributed by atoms with E-state index in [4.69, 9.17) is 0 Å². The van der Waals surface area contributed by atoms with Crippen LogP contribution in [0.4, 0.5) is 20.3 Å². The first-order chi connectivity index (χ1) is 13.8. The first-order valence-corrected chi connectivity index (χ1v) is 10.7. The Bertz CT molecular complexity index is 1200. The number of carbonyl (C=O) groups is 1. The summed E-state index contributed by atoms with van der Waals surface area (Å²) < 4.78 is 54.4. The first-order valence-electron chi connectivity index (χ1n) is 9.06. The van der Waals surface area contributed by atoms with Crippen molar-refractivity contribution >= 4 is 38.5 Å². The minimum Gasteiger partial charge on any atom is -0.346 e. The third-order valence-electron chi connectivity index (χ3n) is 4.72. The average Bonchev–Trinajstić information content (AvgIpc) is 3.42. The lowest BCUT2D eigenvalue weighted by atomic mass is 10.0. The lowest BCUT2D eigenvalue weighted by molar-refractivity contribution is -0.117. The fraction of sp³-hybridized carbons (Fsp3) is 0.263. The third kappa shape index (κ3) is 3.93. The molecule has 2 aromatic heterocycles. The van der Waals surface area contributed by atoms with Gasteiger partial charge in [0.25, 0.3) is 0 Å². The van der Waals surface area contributed by atoms with Crippen LogP contribution in [-0.2, 0) is 14.8 Å². The monoisotopic (exact) mass is 420 g/mol. The Hall–Kier alpha value is -3.01. The normalized spacial score (nSPS) is 14.2. The highest BCUT2D eigenvalue weighted by Gasteiger charge is 2.30. The number of aromatic amines is 1. The minimum atomic E-state index is -3.84. The summed E-state index contributed by atoms with van der Waals surface area (Å²) in [7, 11) is -3.84. The fourth-order valence-corrected chi connectivity index (χ4v) is 3.62. The SMILES string of the molecule is CCS(=O)(=O)Nc1c(F)cc(-c2cc(NC(=O)C3CC3)nc3[nH]ccc23)cc1F. The van der Waals surface area contributed by atoms with E-state index < -0.39 is 27.3 Å². The number of nitrogens with zero attached hydrogens (tertiary/aromatic N) is 1. The van der Waals surface area contributed by atoms with Crippen molar-refractivity contribution in [2.45, 2.75) is 19.8 Å². The van der Waals surface area contributed by atoms with E-state index in [1.807, 2.05) is 4.72 Å². The molecule has 1 amide bonds. The number of amides is 1. The van der Waals surface area contributed by atoms with Crippen molar-refractivity contribution < 1.29 is 22.0 Å². The zero-order valence-corrected chi connectivity index (χ0v) is 16.2. The van der Waals surface area contributed by atoms with Crippen LogP contribution in [0, 0.1) is 17.6 Å². The van der Waals surface area contributed by atoms with E-state index in [0.29, 0.717) is 16.6 Å². The first kappa shape index (κ1) is 19.3. The molecular weight excluding hydrogens is 402 g/mol. The number of benzene rings is 1. The van der Waals surface area contributed by atoms with Gasteiger partial charge in [-0.2, -0.15) is 0 Å². The molecule has 7 nitrogen and oxygen atoms in total. The van der Waals surface area contributed by atoms with Gasteiger partial charge < -0.3 is 10.3 Å². The Morgan fingerprint density at radius 1 is 1.24 bits per heavy atom. The summed E-state index contributed by atoms with van der Waals surface area (Å²) in [6.07, 6.45) is 3.29.